The lowest BCUT2D eigenvalue weighted by molar-refractivity contribution is -0.116. The molecule has 44 heavy (non-hydrogen) atoms. The van der Waals surface area contributed by atoms with Gasteiger partial charge in [0, 0.05) is 22.3 Å². The molecule has 8 heteroatoms. The molecule has 0 aliphatic rings. The van der Waals surface area contributed by atoms with E-state index in [1.165, 1.54) is 12.2 Å². The number of rotatable bonds is 10. The summed E-state index contributed by atoms with van der Waals surface area (Å²) in [5, 5.41) is 21.8. The summed E-state index contributed by atoms with van der Waals surface area (Å²) in [6.45, 7) is 23.2. The number of carbonyl (C=O) groups excluding carboxylic acids is 2. The van der Waals surface area contributed by atoms with Crippen molar-refractivity contribution < 1.29 is 33.4 Å². The molecule has 0 amide bonds. The van der Waals surface area contributed by atoms with E-state index in [9.17, 15) is 24.4 Å². The molecule has 0 saturated carbocycles. The lowest BCUT2D eigenvalue weighted by Gasteiger charge is -2.27. The molecule has 0 saturated heterocycles. The van der Waals surface area contributed by atoms with Gasteiger partial charge in [-0.3, -0.25) is 14.2 Å². The maximum Gasteiger partial charge on any atom is 0.320 e. The summed E-state index contributed by atoms with van der Waals surface area (Å²) < 4.78 is 22.4. The summed E-state index contributed by atoms with van der Waals surface area (Å²) in [6, 6.07) is 7.41. The summed E-state index contributed by atoms with van der Waals surface area (Å²) in [6.07, 6.45) is 5.95. The van der Waals surface area contributed by atoms with Gasteiger partial charge >= 0.3 is 8.25 Å². The fourth-order valence-electron chi connectivity index (χ4n) is 4.57. The Hall–Kier alpha value is -2.99. The van der Waals surface area contributed by atoms with Gasteiger partial charge in [-0.1, -0.05) is 95.2 Å². The van der Waals surface area contributed by atoms with E-state index in [-0.39, 0.29) is 33.2 Å². The molecular formula is C36H51O7P. The summed E-state index contributed by atoms with van der Waals surface area (Å²) in [7, 11) is -3.08. The van der Waals surface area contributed by atoms with Crippen molar-refractivity contribution in [2.45, 2.75) is 105 Å². The maximum absolute atomic E-state index is 12.4. The lowest BCUT2D eigenvalue weighted by atomic mass is 9.78. The normalized spacial score (nSPS) is 13.4. The third kappa shape index (κ3) is 10.6. The van der Waals surface area contributed by atoms with Crippen LogP contribution in [0.1, 0.15) is 116 Å². The first kappa shape index (κ1) is 37.2. The van der Waals surface area contributed by atoms with E-state index in [1.54, 1.807) is 12.2 Å². The Morgan fingerprint density at radius 1 is 0.591 bits per heavy atom. The van der Waals surface area contributed by atoms with Crippen molar-refractivity contribution in [1.29, 1.82) is 0 Å². The van der Waals surface area contributed by atoms with Crippen LogP contribution >= 0.6 is 8.25 Å². The maximum atomic E-state index is 12.4. The van der Waals surface area contributed by atoms with Gasteiger partial charge in [0.25, 0.3) is 0 Å². The van der Waals surface area contributed by atoms with Crippen LogP contribution in [0.5, 0.6) is 11.5 Å². The van der Waals surface area contributed by atoms with Crippen molar-refractivity contribution in [3.63, 3.8) is 0 Å². The second-order valence-corrected chi connectivity index (χ2v) is 16.4. The zero-order valence-corrected chi connectivity index (χ0v) is 29.5. The van der Waals surface area contributed by atoms with Crippen molar-refractivity contribution in [2.24, 2.45) is 0 Å². The molecule has 2 aromatic rings. The highest BCUT2D eigenvalue weighted by molar-refractivity contribution is 7.33. The van der Waals surface area contributed by atoms with Gasteiger partial charge in [-0.25, -0.2) is 0 Å². The second-order valence-electron chi connectivity index (χ2n) is 15.4. The van der Waals surface area contributed by atoms with Gasteiger partial charge in [0.15, 0.2) is 11.6 Å². The van der Waals surface area contributed by atoms with Gasteiger partial charge in [0.2, 0.25) is 0 Å². The first-order valence-electron chi connectivity index (χ1n) is 14.9. The Morgan fingerprint density at radius 3 is 1.07 bits per heavy atom. The molecular weight excluding hydrogens is 575 g/mol. The fourth-order valence-corrected chi connectivity index (χ4v) is 5.17. The number of hydrogen-bond donors (Lipinski definition) is 2. The molecule has 2 N–H and O–H groups in total. The van der Waals surface area contributed by atoms with Crippen LogP contribution in [0, 0.1) is 0 Å². The molecule has 2 aromatic carbocycles. The SMILES string of the molecule is CC(C)(C)c1cc(/C=C/C(=O)CO[PH](=O)OCC(=O)/C=C/c2cc(C(C)(C)C)c(O)c(C(C)(C)C)c2)cc(C(C)(C)C)c1O. The molecule has 0 aliphatic carbocycles. The van der Waals surface area contributed by atoms with Gasteiger partial charge in [0.05, 0.1) is 0 Å². The van der Waals surface area contributed by atoms with Crippen LogP contribution in [0.4, 0.5) is 0 Å². The van der Waals surface area contributed by atoms with E-state index >= 15 is 0 Å². The minimum Gasteiger partial charge on any atom is -0.507 e. The minimum atomic E-state index is -3.08. The average molecular weight is 627 g/mol. The van der Waals surface area contributed by atoms with E-state index < -0.39 is 33.0 Å². The topological polar surface area (TPSA) is 110 Å². The zero-order chi connectivity index (χ0) is 33.8. The summed E-state index contributed by atoms with van der Waals surface area (Å²) in [5.74, 6) is -0.330. The van der Waals surface area contributed by atoms with E-state index in [1.807, 2.05) is 107 Å². The quantitative estimate of drug-likeness (QED) is 0.201. The van der Waals surface area contributed by atoms with Crippen LogP contribution in [-0.4, -0.2) is 35.0 Å². The number of benzene rings is 2. The summed E-state index contributed by atoms with van der Waals surface area (Å²) >= 11 is 0. The van der Waals surface area contributed by atoms with Crippen LogP contribution in [0.25, 0.3) is 12.2 Å². The van der Waals surface area contributed by atoms with Crippen LogP contribution in [0.3, 0.4) is 0 Å². The number of carbonyl (C=O) groups is 2. The molecule has 242 valence electrons. The lowest BCUT2D eigenvalue weighted by Crippen LogP contribution is -2.17. The predicted molar refractivity (Wildman–Crippen MR) is 180 cm³/mol. The third-order valence-corrected chi connectivity index (χ3v) is 7.84. The van der Waals surface area contributed by atoms with Crippen LogP contribution in [0.2, 0.25) is 0 Å². The number of hydrogen-bond acceptors (Lipinski definition) is 7. The number of aromatic hydroxyl groups is 2. The van der Waals surface area contributed by atoms with E-state index in [2.05, 4.69) is 0 Å². The molecule has 2 rings (SSSR count). The van der Waals surface area contributed by atoms with Crippen molar-refractivity contribution in [3.8, 4) is 11.5 Å². The molecule has 0 aliphatic heterocycles. The highest BCUT2D eigenvalue weighted by atomic mass is 31.1. The van der Waals surface area contributed by atoms with Gasteiger partial charge in [-0.15, -0.1) is 0 Å². The fraction of sp³-hybridized carbons (Fsp3) is 0.500. The van der Waals surface area contributed by atoms with E-state index in [4.69, 9.17) is 9.05 Å². The third-order valence-electron chi connectivity index (χ3n) is 7.08. The Morgan fingerprint density at radius 2 is 0.841 bits per heavy atom. The number of phenolic OH excluding ortho intramolecular Hbond substituents is 2. The Kier molecular flexibility index (Phi) is 11.8. The molecule has 0 aromatic heterocycles. The smallest absolute Gasteiger partial charge is 0.320 e. The number of ketones is 2. The van der Waals surface area contributed by atoms with E-state index in [0.29, 0.717) is 0 Å². The first-order valence-corrected chi connectivity index (χ1v) is 16.1. The van der Waals surface area contributed by atoms with Crippen molar-refractivity contribution in [2.75, 3.05) is 13.2 Å². The Bertz CT molecular complexity index is 1270. The Labute approximate surface area is 264 Å². The highest BCUT2D eigenvalue weighted by Crippen LogP contribution is 2.41. The first-order chi connectivity index (χ1) is 19.9. The molecule has 0 fully saturated rings. The van der Waals surface area contributed by atoms with Gasteiger partial charge in [-0.05, 0) is 69.2 Å². The standard InChI is InChI=1S/C36H51O7P/c1-33(2,3)27-17-23(18-28(31(27)39)34(4,5)6)13-15-25(37)21-42-44(41)43-22-26(38)16-14-24-19-29(35(7,8)9)32(40)30(20-24)36(10,11)12/h13-20,39-40,44H,21-22H2,1-12H3/b15-13+,16-14+. The zero-order valence-electron chi connectivity index (χ0n) is 28.5. The summed E-state index contributed by atoms with van der Waals surface area (Å²) in [4.78, 5) is 24.9. The van der Waals surface area contributed by atoms with Gasteiger partial charge in [-0.2, -0.15) is 0 Å². The summed E-state index contributed by atoms with van der Waals surface area (Å²) in [5.41, 5.74) is 3.40. The molecule has 0 radical (unpaired) electrons. The highest BCUT2D eigenvalue weighted by Gasteiger charge is 2.27. The van der Waals surface area contributed by atoms with E-state index in [0.717, 1.165) is 33.4 Å². The molecule has 7 nitrogen and oxygen atoms in total. The van der Waals surface area contributed by atoms with Gasteiger partial charge in [0.1, 0.15) is 24.7 Å². The van der Waals surface area contributed by atoms with Crippen molar-refractivity contribution >= 4 is 32.0 Å². The van der Waals surface area contributed by atoms with Crippen LogP contribution < -0.4 is 0 Å². The predicted octanol–water partition coefficient (Wildman–Crippen LogP) is 8.58. The molecule has 0 unspecified atom stereocenters. The van der Waals surface area contributed by atoms with Gasteiger partial charge < -0.3 is 19.3 Å². The molecule has 0 spiro atoms. The largest absolute Gasteiger partial charge is 0.507 e. The molecule has 0 heterocycles. The Balaban J connectivity index is 2.02. The number of phenols is 2. The van der Waals surface area contributed by atoms with Crippen LogP contribution in [-0.2, 0) is 44.9 Å². The second kappa shape index (κ2) is 14.0. The molecule has 0 atom stereocenters. The monoisotopic (exact) mass is 626 g/mol. The average Bonchev–Trinajstić information content (AvgIpc) is 2.86. The van der Waals surface area contributed by atoms with Crippen molar-refractivity contribution in [3.05, 3.63) is 69.8 Å². The van der Waals surface area contributed by atoms with Crippen LogP contribution in [0.15, 0.2) is 36.4 Å². The molecule has 0 bridgehead atoms. The minimum absolute atomic E-state index is 0.254. The van der Waals surface area contributed by atoms with Crippen molar-refractivity contribution in [1.82, 2.24) is 0 Å².